The molecular formula is C19H22NO6P. The number of carbonyl (C=O) groups is 2. The summed E-state index contributed by atoms with van der Waals surface area (Å²) in [5.74, 6) is -0.736. The number of alkyl carbamates (subject to hydrolysis) is 1. The first-order valence-corrected chi connectivity index (χ1v) is 10.0. The molecule has 0 bridgehead atoms. The Morgan fingerprint density at radius 1 is 1.00 bits per heavy atom. The molecule has 27 heavy (non-hydrogen) atoms. The summed E-state index contributed by atoms with van der Waals surface area (Å²) in [5.41, 5.74) is 0.800. The lowest BCUT2D eigenvalue weighted by atomic mass is 10.2. The third kappa shape index (κ3) is 5.94. The first-order valence-electron chi connectivity index (χ1n) is 8.24. The van der Waals surface area contributed by atoms with Gasteiger partial charge in [0.05, 0.1) is 13.3 Å². The number of hydrogen-bond acceptors (Lipinski definition) is 6. The molecule has 0 aromatic heterocycles. The first kappa shape index (κ1) is 20.7. The Bertz CT molecular complexity index is 796. The monoisotopic (exact) mass is 391 g/mol. The van der Waals surface area contributed by atoms with Crippen molar-refractivity contribution in [3.05, 3.63) is 66.2 Å². The second kappa shape index (κ2) is 9.90. The largest absolute Gasteiger partial charge is 0.467 e. The molecule has 0 saturated carbocycles. The van der Waals surface area contributed by atoms with Crippen LogP contribution in [0.3, 0.4) is 0 Å². The number of benzene rings is 2. The lowest BCUT2D eigenvalue weighted by Gasteiger charge is -2.22. The van der Waals surface area contributed by atoms with Crippen molar-refractivity contribution in [2.24, 2.45) is 0 Å². The van der Waals surface area contributed by atoms with Gasteiger partial charge in [0.2, 0.25) is 7.37 Å². The van der Waals surface area contributed by atoms with E-state index in [4.69, 9.17) is 14.0 Å². The molecule has 7 nitrogen and oxygen atoms in total. The molecule has 1 N–H and O–H groups in total. The van der Waals surface area contributed by atoms with Gasteiger partial charge in [-0.05, 0) is 17.7 Å². The highest BCUT2D eigenvalue weighted by atomic mass is 31.2. The highest BCUT2D eigenvalue weighted by Gasteiger charge is 2.34. The molecule has 0 aliphatic rings. The number of esters is 1. The predicted molar refractivity (Wildman–Crippen MR) is 101 cm³/mol. The number of carbonyl (C=O) groups excluding carboxylic acids is 2. The van der Waals surface area contributed by atoms with Crippen molar-refractivity contribution < 1.29 is 28.2 Å². The van der Waals surface area contributed by atoms with Crippen LogP contribution >= 0.6 is 7.37 Å². The smallest absolute Gasteiger partial charge is 0.408 e. The summed E-state index contributed by atoms with van der Waals surface area (Å²) in [6, 6.07) is 16.4. The van der Waals surface area contributed by atoms with Crippen LogP contribution in [-0.2, 0) is 30.0 Å². The Morgan fingerprint density at radius 2 is 1.59 bits per heavy atom. The molecule has 1 unspecified atom stereocenters. The highest BCUT2D eigenvalue weighted by molar-refractivity contribution is 7.67. The normalized spacial score (nSPS) is 13.9. The van der Waals surface area contributed by atoms with Crippen molar-refractivity contribution in [3.8, 4) is 0 Å². The van der Waals surface area contributed by atoms with E-state index in [-0.39, 0.29) is 12.8 Å². The Morgan fingerprint density at radius 3 is 2.15 bits per heavy atom. The summed E-state index contributed by atoms with van der Waals surface area (Å²) in [7, 11) is -0.892. The lowest BCUT2D eigenvalue weighted by molar-refractivity contribution is -0.142. The van der Waals surface area contributed by atoms with E-state index >= 15 is 0 Å². The standard InChI is InChI=1S/C19H22NO6P/c1-24-18(21)17(14-27(23,25-2)16-11-7-4-8-12-16)20-19(22)26-13-15-9-5-3-6-10-15/h3-12,17H,13-14H2,1-2H3,(H,20,22)/t17-,27?/m0/s1. The predicted octanol–water partition coefficient (Wildman–Crippen LogP) is 2.70. The minimum atomic E-state index is -3.38. The minimum absolute atomic E-state index is 0.0428. The van der Waals surface area contributed by atoms with Gasteiger partial charge in [0.15, 0.2) is 0 Å². The van der Waals surface area contributed by atoms with E-state index in [1.807, 2.05) is 18.2 Å². The van der Waals surface area contributed by atoms with Crippen molar-refractivity contribution >= 4 is 24.7 Å². The molecule has 2 atom stereocenters. The summed E-state index contributed by atoms with van der Waals surface area (Å²) < 4.78 is 28.2. The topological polar surface area (TPSA) is 90.9 Å². The van der Waals surface area contributed by atoms with Crippen LogP contribution < -0.4 is 10.6 Å². The number of rotatable bonds is 8. The highest BCUT2D eigenvalue weighted by Crippen LogP contribution is 2.45. The number of methoxy groups -OCH3 is 1. The Kier molecular flexibility index (Phi) is 7.58. The minimum Gasteiger partial charge on any atom is -0.467 e. The van der Waals surface area contributed by atoms with Gasteiger partial charge in [-0.2, -0.15) is 0 Å². The van der Waals surface area contributed by atoms with E-state index in [0.717, 1.165) is 5.56 Å². The maximum atomic E-state index is 13.2. The van der Waals surface area contributed by atoms with Gasteiger partial charge in [-0.1, -0.05) is 48.5 Å². The van der Waals surface area contributed by atoms with Crippen molar-refractivity contribution in [1.29, 1.82) is 0 Å². The van der Waals surface area contributed by atoms with E-state index in [1.165, 1.54) is 14.2 Å². The molecule has 0 radical (unpaired) electrons. The summed E-state index contributed by atoms with van der Waals surface area (Å²) in [6.07, 6.45) is -1.06. The average Bonchev–Trinajstić information content (AvgIpc) is 2.72. The van der Waals surface area contributed by atoms with E-state index in [0.29, 0.717) is 5.30 Å². The van der Waals surface area contributed by atoms with Crippen LogP contribution in [0.1, 0.15) is 5.56 Å². The van der Waals surface area contributed by atoms with Gasteiger partial charge < -0.3 is 19.3 Å². The summed E-state index contributed by atoms with van der Waals surface area (Å²) >= 11 is 0. The second-order valence-corrected chi connectivity index (χ2v) is 8.25. The Hall–Kier alpha value is -2.63. The van der Waals surface area contributed by atoms with Crippen LogP contribution in [-0.4, -0.2) is 38.5 Å². The Labute approximate surface area is 158 Å². The number of hydrogen-bond donors (Lipinski definition) is 1. The van der Waals surface area contributed by atoms with Crippen LogP contribution in [0.15, 0.2) is 60.7 Å². The lowest BCUT2D eigenvalue weighted by Crippen LogP contribution is -2.45. The quantitative estimate of drug-likeness (QED) is 0.550. The van der Waals surface area contributed by atoms with Crippen LogP contribution in [0.25, 0.3) is 0 Å². The van der Waals surface area contributed by atoms with Crippen LogP contribution in [0, 0.1) is 0 Å². The first-order chi connectivity index (χ1) is 13.0. The van der Waals surface area contributed by atoms with Crippen LogP contribution in [0.2, 0.25) is 0 Å². The molecule has 0 heterocycles. The zero-order chi connectivity index (χ0) is 19.7. The molecule has 2 aromatic carbocycles. The maximum Gasteiger partial charge on any atom is 0.408 e. The van der Waals surface area contributed by atoms with Crippen molar-refractivity contribution in [2.45, 2.75) is 12.6 Å². The molecular weight excluding hydrogens is 369 g/mol. The number of amides is 1. The summed E-state index contributed by atoms with van der Waals surface area (Å²) in [4.78, 5) is 24.2. The van der Waals surface area contributed by atoms with Gasteiger partial charge in [0, 0.05) is 12.4 Å². The molecule has 0 aliphatic carbocycles. The van der Waals surface area contributed by atoms with Gasteiger partial charge in [-0.3, -0.25) is 4.57 Å². The molecule has 8 heteroatoms. The zero-order valence-corrected chi connectivity index (χ0v) is 16.1. The number of nitrogens with one attached hydrogen (secondary N) is 1. The van der Waals surface area contributed by atoms with E-state index < -0.39 is 25.5 Å². The fourth-order valence-electron chi connectivity index (χ4n) is 2.41. The van der Waals surface area contributed by atoms with Crippen LogP contribution in [0.5, 0.6) is 0 Å². The van der Waals surface area contributed by atoms with Gasteiger partial charge in [0.1, 0.15) is 12.6 Å². The average molecular weight is 391 g/mol. The van der Waals surface area contributed by atoms with Crippen LogP contribution in [0.4, 0.5) is 4.79 Å². The Balaban J connectivity index is 2.07. The molecule has 2 rings (SSSR count). The fraction of sp³-hybridized carbons (Fsp3) is 0.263. The fourth-order valence-corrected chi connectivity index (χ4v) is 4.33. The molecule has 0 aliphatic heterocycles. The van der Waals surface area contributed by atoms with E-state index in [9.17, 15) is 14.2 Å². The van der Waals surface area contributed by atoms with Crippen molar-refractivity contribution in [1.82, 2.24) is 5.32 Å². The molecule has 0 saturated heterocycles. The maximum absolute atomic E-state index is 13.2. The van der Waals surface area contributed by atoms with Gasteiger partial charge in [-0.25, -0.2) is 9.59 Å². The van der Waals surface area contributed by atoms with Crippen molar-refractivity contribution in [3.63, 3.8) is 0 Å². The SMILES string of the molecule is COC(=O)[C@H](CP(=O)(OC)c1ccccc1)NC(=O)OCc1ccccc1. The second-order valence-electron chi connectivity index (χ2n) is 5.66. The van der Waals surface area contributed by atoms with Crippen molar-refractivity contribution in [2.75, 3.05) is 20.4 Å². The van der Waals surface area contributed by atoms with E-state index in [2.05, 4.69) is 5.32 Å². The molecule has 0 spiro atoms. The third-order valence-electron chi connectivity index (χ3n) is 3.86. The van der Waals surface area contributed by atoms with Gasteiger partial charge in [0.25, 0.3) is 0 Å². The molecule has 0 fully saturated rings. The number of ether oxygens (including phenoxy) is 2. The van der Waals surface area contributed by atoms with Gasteiger partial charge in [-0.15, -0.1) is 0 Å². The third-order valence-corrected chi connectivity index (χ3v) is 6.38. The summed E-state index contributed by atoms with van der Waals surface area (Å²) in [6.45, 7) is 0.0428. The zero-order valence-electron chi connectivity index (χ0n) is 15.2. The summed E-state index contributed by atoms with van der Waals surface area (Å²) in [5, 5.41) is 2.86. The molecule has 1 amide bonds. The van der Waals surface area contributed by atoms with E-state index in [1.54, 1.807) is 42.5 Å². The molecule has 2 aromatic rings. The molecule has 144 valence electrons. The van der Waals surface area contributed by atoms with Gasteiger partial charge >= 0.3 is 12.1 Å².